The van der Waals surface area contributed by atoms with Crippen LogP contribution in [0.3, 0.4) is 0 Å². The molecule has 140 valence electrons. The molecule has 1 aromatic carbocycles. The van der Waals surface area contributed by atoms with Crippen LogP contribution in [0.15, 0.2) is 47.6 Å². The SMILES string of the molecule is COC(=O)N1CC[C@@]2(CC=C(C)C)c3ccccc3N(CC=C(C)C)[C@@H]12. The van der Waals surface area contributed by atoms with Gasteiger partial charge in [0.2, 0.25) is 0 Å². The van der Waals surface area contributed by atoms with E-state index in [1.165, 1.54) is 29.5 Å². The largest absolute Gasteiger partial charge is 0.453 e. The minimum atomic E-state index is -0.232. The zero-order valence-electron chi connectivity index (χ0n) is 16.6. The van der Waals surface area contributed by atoms with Gasteiger partial charge in [-0.15, -0.1) is 0 Å². The first-order valence-corrected chi connectivity index (χ1v) is 9.38. The Balaban J connectivity index is 2.12. The summed E-state index contributed by atoms with van der Waals surface area (Å²) in [6.07, 6.45) is 6.22. The number of fused-ring (bicyclic) bond motifs is 3. The Kier molecular flexibility index (Phi) is 5.12. The van der Waals surface area contributed by atoms with E-state index >= 15 is 0 Å². The molecule has 1 aromatic rings. The second-order valence-corrected chi connectivity index (χ2v) is 7.88. The van der Waals surface area contributed by atoms with Gasteiger partial charge in [0.05, 0.1) is 7.11 Å². The van der Waals surface area contributed by atoms with Gasteiger partial charge in [-0.3, -0.25) is 4.90 Å². The Morgan fingerprint density at radius 2 is 1.88 bits per heavy atom. The zero-order chi connectivity index (χ0) is 18.9. The highest BCUT2D eigenvalue weighted by atomic mass is 16.5. The van der Waals surface area contributed by atoms with Crippen molar-refractivity contribution in [2.75, 3.05) is 25.1 Å². The molecular weight excluding hydrogens is 324 g/mol. The van der Waals surface area contributed by atoms with Crippen molar-refractivity contribution < 1.29 is 9.53 Å². The molecule has 2 atom stereocenters. The summed E-state index contributed by atoms with van der Waals surface area (Å²) in [6, 6.07) is 8.63. The average Bonchev–Trinajstić information content (AvgIpc) is 3.11. The fraction of sp³-hybridized carbons (Fsp3) is 0.500. The second-order valence-electron chi connectivity index (χ2n) is 7.88. The third-order valence-electron chi connectivity index (χ3n) is 5.61. The van der Waals surface area contributed by atoms with Crippen molar-refractivity contribution in [1.29, 1.82) is 0 Å². The summed E-state index contributed by atoms with van der Waals surface area (Å²) in [7, 11) is 1.47. The fourth-order valence-electron chi connectivity index (χ4n) is 4.38. The maximum absolute atomic E-state index is 12.5. The van der Waals surface area contributed by atoms with Crippen LogP contribution in [0.1, 0.15) is 46.1 Å². The van der Waals surface area contributed by atoms with Crippen LogP contribution in [0, 0.1) is 0 Å². The van der Waals surface area contributed by atoms with Crippen molar-refractivity contribution in [1.82, 2.24) is 4.90 Å². The molecule has 1 amide bonds. The van der Waals surface area contributed by atoms with Crippen LogP contribution in [0.4, 0.5) is 10.5 Å². The number of carbonyl (C=O) groups is 1. The summed E-state index contributed by atoms with van der Waals surface area (Å²) >= 11 is 0. The van der Waals surface area contributed by atoms with Gasteiger partial charge in [0.15, 0.2) is 0 Å². The number of amides is 1. The predicted octanol–water partition coefficient (Wildman–Crippen LogP) is 4.87. The zero-order valence-corrected chi connectivity index (χ0v) is 16.6. The molecule has 0 aromatic heterocycles. The van der Waals surface area contributed by atoms with E-state index in [0.717, 1.165) is 25.9 Å². The van der Waals surface area contributed by atoms with Gasteiger partial charge in [0, 0.05) is 24.2 Å². The van der Waals surface area contributed by atoms with Gasteiger partial charge in [-0.25, -0.2) is 4.79 Å². The third-order valence-corrected chi connectivity index (χ3v) is 5.61. The number of rotatable bonds is 4. The number of methoxy groups -OCH3 is 1. The molecule has 2 heterocycles. The van der Waals surface area contributed by atoms with E-state index in [1.807, 2.05) is 4.90 Å². The number of nitrogens with zero attached hydrogens (tertiary/aromatic N) is 2. The maximum atomic E-state index is 12.5. The Morgan fingerprint density at radius 1 is 1.19 bits per heavy atom. The molecule has 1 saturated heterocycles. The van der Waals surface area contributed by atoms with E-state index in [2.05, 4.69) is 69.0 Å². The second kappa shape index (κ2) is 7.18. The Bertz CT molecular complexity index is 744. The molecule has 0 unspecified atom stereocenters. The van der Waals surface area contributed by atoms with Crippen molar-refractivity contribution in [3.05, 3.63) is 53.1 Å². The summed E-state index contributed by atoms with van der Waals surface area (Å²) in [4.78, 5) is 16.8. The number of carbonyl (C=O) groups excluding carboxylic acids is 1. The minimum Gasteiger partial charge on any atom is -0.453 e. The summed E-state index contributed by atoms with van der Waals surface area (Å²) in [5.74, 6) is 0. The van der Waals surface area contributed by atoms with Crippen LogP contribution in [0.2, 0.25) is 0 Å². The van der Waals surface area contributed by atoms with Crippen LogP contribution in [-0.4, -0.2) is 37.4 Å². The molecule has 0 N–H and O–H groups in total. The molecule has 4 nitrogen and oxygen atoms in total. The topological polar surface area (TPSA) is 32.8 Å². The van der Waals surface area contributed by atoms with E-state index in [-0.39, 0.29) is 17.7 Å². The van der Waals surface area contributed by atoms with Gasteiger partial charge in [-0.2, -0.15) is 0 Å². The van der Waals surface area contributed by atoms with Crippen molar-refractivity contribution in [2.24, 2.45) is 0 Å². The van der Waals surface area contributed by atoms with Crippen molar-refractivity contribution in [2.45, 2.75) is 52.1 Å². The number of para-hydroxylation sites is 1. The van der Waals surface area contributed by atoms with Crippen LogP contribution in [-0.2, 0) is 10.2 Å². The predicted molar refractivity (Wildman–Crippen MR) is 106 cm³/mol. The molecule has 2 aliphatic rings. The van der Waals surface area contributed by atoms with Gasteiger partial charge in [0.25, 0.3) is 0 Å². The monoisotopic (exact) mass is 354 g/mol. The number of benzene rings is 1. The van der Waals surface area contributed by atoms with Crippen molar-refractivity contribution in [3.63, 3.8) is 0 Å². The van der Waals surface area contributed by atoms with Gasteiger partial charge in [0.1, 0.15) is 6.17 Å². The number of hydrogen-bond donors (Lipinski definition) is 0. The first kappa shape index (κ1) is 18.6. The number of allylic oxidation sites excluding steroid dienone is 3. The van der Waals surface area contributed by atoms with E-state index in [0.29, 0.717) is 0 Å². The first-order valence-electron chi connectivity index (χ1n) is 9.38. The number of hydrogen-bond acceptors (Lipinski definition) is 3. The lowest BCUT2D eigenvalue weighted by Gasteiger charge is -2.37. The number of anilines is 1. The number of likely N-dealkylation sites (tertiary alicyclic amines) is 1. The lowest BCUT2D eigenvalue weighted by Crippen LogP contribution is -2.52. The quantitative estimate of drug-likeness (QED) is 0.724. The van der Waals surface area contributed by atoms with Crippen molar-refractivity contribution in [3.8, 4) is 0 Å². The molecule has 0 bridgehead atoms. The van der Waals surface area contributed by atoms with E-state index < -0.39 is 0 Å². The first-order chi connectivity index (χ1) is 12.4. The van der Waals surface area contributed by atoms with Crippen LogP contribution in [0.5, 0.6) is 0 Å². The van der Waals surface area contributed by atoms with Crippen molar-refractivity contribution >= 4 is 11.8 Å². The van der Waals surface area contributed by atoms with Crippen LogP contribution >= 0.6 is 0 Å². The fourth-order valence-corrected chi connectivity index (χ4v) is 4.38. The lowest BCUT2D eigenvalue weighted by molar-refractivity contribution is 0.112. The maximum Gasteiger partial charge on any atom is 0.411 e. The average molecular weight is 354 g/mol. The molecule has 4 heteroatoms. The van der Waals surface area contributed by atoms with E-state index in [9.17, 15) is 4.79 Å². The molecule has 0 saturated carbocycles. The van der Waals surface area contributed by atoms with E-state index in [4.69, 9.17) is 4.74 Å². The van der Waals surface area contributed by atoms with Gasteiger partial charge in [-0.05, 0) is 52.2 Å². The summed E-state index contributed by atoms with van der Waals surface area (Å²) in [5.41, 5.74) is 5.13. The summed E-state index contributed by atoms with van der Waals surface area (Å²) in [5, 5.41) is 0. The standard InChI is InChI=1S/C22H30N2O2/c1-16(2)10-12-22-13-15-24(21(25)26-5)20(22)23(14-11-17(3)4)19-9-7-6-8-18(19)22/h6-11,20H,12-15H2,1-5H3/t20-,22-/m0/s1. The molecule has 0 radical (unpaired) electrons. The number of ether oxygens (including phenoxy) is 1. The highest BCUT2D eigenvalue weighted by Gasteiger charge is 2.57. The summed E-state index contributed by atoms with van der Waals surface area (Å²) < 4.78 is 5.12. The van der Waals surface area contributed by atoms with Crippen LogP contribution < -0.4 is 4.90 Å². The highest BCUT2D eigenvalue weighted by Crippen LogP contribution is 2.54. The summed E-state index contributed by atoms with van der Waals surface area (Å²) in [6.45, 7) is 10.0. The Labute approximate surface area is 157 Å². The Hall–Kier alpha value is -2.23. The smallest absolute Gasteiger partial charge is 0.411 e. The van der Waals surface area contributed by atoms with Gasteiger partial charge < -0.3 is 9.64 Å². The Morgan fingerprint density at radius 3 is 2.54 bits per heavy atom. The lowest BCUT2D eigenvalue weighted by atomic mass is 9.76. The third kappa shape index (κ3) is 3.02. The molecular formula is C22H30N2O2. The molecule has 0 spiro atoms. The molecule has 3 rings (SSSR count). The van der Waals surface area contributed by atoms with E-state index in [1.54, 1.807) is 0 Å². The van der Waals surface area contributed by atoms with Gasteiger partial charge in [-0.1, -0.05) is 41.5 Å². The molecule has 1 fully saturated rings. The molecule has 26 heavy (non-hydrogen) atoms. The normalized spacial score (nSPS) is 23.3. The van der Waals surface area contributed by atoms with Gasteiger partial charge >= 0.3 is 6.09 Å². The van der Waals surface area contributed by atoms with Crippen LogP contribution in [0.25, 0.3) is 0 Å². The minimum absolute atomic E-state index is 0.00134. The molecule has 2 aliphatic heterocycles. The molecule has 0 aliphatic carbocycles. The highest BCUT2D eigenvalue weighted by molar-refractivity contribution is 5.74.